The van der Waals surface area contributed by atoms with Crippen molar-refractivity contribution in [3.05, 3.63) is 33.1 Å². The second-order valence-corrected chi connectivity index (χ2v) is 3.47. The Balaban J connectivity index is 2.35. The molecule has 2 heterocycles. The zero-order chi connectivity index (χ0) is 11.7. The number of aromatic amines is 1. The zero-order valence-corrected chi connectivity index (χ0v) is 8.13. The molecule has 0 aromatic carbocycles. The summed E-state index contributed by atoms with van der Waals surface area (Å²) in [6.07, 6.45) is -1.90. The van der Waals surface area contributed by atoms with Gasteiger partial charge < -0.3 is 9.53 Å². The summed E-state index contributed by atoms with van der Waals surface area (Å²) in [4.78, 5) is 34.6. The van der Waals surface area contributed by atoms with E-state index in [2.05, 4.69) is 0 Å². The Morgan fingerprint density at radius 1 is 1.56 bits per heavy atom. The van der Waals surface area contributed by atoms with Gasteiger partial charge in [0.25, 0.3) is 5.56 Å². The number of carbonyl (C=O) groups is 1. The van der Waals surface area contributed by atoms with Gasteiger partial charge in [-0.05, 0) is 0 Å². The standard InChI is InChI=1S/C9H9FN2O4/c10-6-3-5(4-13)16-8(6)12-2-1-7(14)11-9(12)15/h1-2,4-6,8H,3H2,(H,11,14,15)/t5-,6-,8+/m0/s1. The van der Waals surface area contributed by atoms with Crippen molar-refractivity contribution in [1.29, 1.82) is 0 Å². The summed E-state index contributed by atoms with van der Waals surface area (Å²) in [6, 6.07) is 1.09. The molecule has 0 aliphatic carbocycles. The van der Waals surface area contributed by atoms with E-state index in [1.165, 1.54) is 0 Å². The van der Waals surface area contributed by atoms with Gasteiger partial charge in [0.05, 0.1) is 0 Å². The first-order valence-corrected chi connectivity index (χ1v) is 4.68. The lowest BCUT2D eigenvalue weighted by Crippen LogP contribution is -2.34. The number of H-pyrrole nitrogens is 1. The number of aromatic nitrogens is 2. The number of alkyl halides is 1. The Morgan fingerprint density at radius 2 is 2.31 bits per heavy atom. The molecule has 1 saturated heterocycles. The smallest absolute Gasteiger partial charge is 0.330 e. The van der Waals surface area contributed by atoms with E-state index >= 15 is 0 Å². The van der Waals surface area contributed by atoms with Crippen molar-refractivity contribution in [2.24, 2.45) is 0 Å². The SMILES string of the molecule is O=C[C@@H]1C[C@H](F)[C@H](n2ccc(=O)[nH]c2=O)O1. The van der Waals surface area contributed by atoms with Gasteiger partial charge in [0, 0.05) is 18.7 Å². The molecule has 16 heavy (non-hydrogen) atoms. The van der Waals surface area contributed by atoms with Crippen LogP contribution >= 0.6 is 0 Å². The van der Waals surface area contributed by atoms with Crippen molar-refractivity contribution in [1.82, 2.24) is 9.55 Å². The molecule has 3 atom stereocenters. The van der Waals surface area contributed by atoms with E-state index < -0.39 is 29.8 Å². The van der Waals surface area contributed by atoms with Crippen molar-refractivity contribution in [2.45, 2.75) is 24.9 Å². The fourth-order valence-corrected chi connectivity index (χ4v) is 1.61. The molecular formula is C9H9FN2O4. The van der Waals surface area contributed by atoms with Crippen molar-refractivity contribution in [3.63, 3.8) is 0 Å². The first-order valence-electron chi connectivity index (χ1n) is 4.68. The molecule has 1 aromatic rings. The van der Waals surface area contributed by atoms with Crippen LogP contribution < -0.4 is 11.2 Å². The van der Waals surface area contributed by atoms with Gasteiger partial charge in [-0.1, -0.05) is 0 Å². The lowest BCUT2D eigenvalue weighted by atomic mass is 10.2. The molecule has 0 saturated carbocycles. The molecule has 6 nitrogen and oxygen atoms in total. The average molecular weight is 228 g/mol. The minimum atomic E-state index is -1.45. The number of ether oxygens (including phenoxy) is 1. The van der Waals surface area contributed by atoms with Crippen LogP contribution in [0.4, 0.5) is 4.39 Å². The van der Waals surface area contributed by atoms with Crippen LogP contribution in [0.5, 0.6) is 0 Å². The van der Waals surface area contributed by atoms with Gasteiger partial charge in [0.2, 0.25) is 0 Å². The summed E-state index contributed by atoms with van der Waals surface area (Å²) in [5.74, 6) is 0. The van der Waals surface area contributed by atoms with Gasteiger partial charge in [0.1, 0.15) is 18.6 Å². The van der Waals surface area contributed by atoms with Crippen LogP contribution in [0.15, 0.2) is 21.9 Å². The highest BCUT2D eigenvalue weighted by Gasteiger charge is 2.36. The molecule has 1 aliphatic rings. The number of carbonyl (C=O) groups excluding carboxylic acids is 1. The van der Waals surface area contributed by atoms with Crippen LogP contribution in [-0.2, 0) is 9.53 Å². The second kappa shape index (κ2) is 4.01. The van der Waals surface area contributed by atoms with Crippen LogP contribution in [0.25, 0.3) is 0 Å². The highest BCUT2D eigenvalue weighted by Crippen LogP contribution is 2.28. The number of nitrogens with zero attached hydrogens (tertiary/aromatic N) is 1. The van der Waals surface area contributed by atoms with E-state index in [4.69, 9.17) is 4.74 Å². The number of hydrogen-bond donors (Lipinski definition) is 1. The molecule has 0 amide bonds. The lowest BCUT2D eigenvalue weighted by molar-refractivity contribution is -0.119. The summed E-state index contributed by atoms with van der Waals surface area (Å²) < 4.78 is 19.4. The van der Waals surface area contributed by atoms with Crippen molar-refractivity contribution < 1.29 is 13.9 Å². The molecule has 0 bridgehead atoms. The van der Waals surface area contributed by atoms with E-state index in [0.29, 0.717) is 6.29 Å². The predicted octanol–water partition coefficient (Wildman–Crippen LogP) is -0.639. The van der Waals surface area contributed by atoms with Gasteiger partial charge in [-0.25, -0.2) is 9.18 Å². The number of aldehydes is 1. The average Bonchev–Trinajstić information content (AvgIpc) is 2.60. The van der Waals surface area contributed by atoms with E-state index in [1.54, 1.807) is 0 Å². The summed E-state index contributed by atoms with van der Waals surface area (Å²) in [6.45, 7) is 0. The molecule has 0 spiro atoms. The zero-order valence-electron chi connectivity index (χ0n) is 8.13. The molecule has 86 valence electrons. The predicted molar refractivity (Wildman–Crippen MR) is 50.8 cm³/mol. The van der Waals surface area contributed by atoms with E-state index in [-0.39, 0.29) is 6.42 Å². The van der Waals surface area contributed by atoms with Crippen LogP contribution in [0.3, 0.4) is 0 Å². The Labute approximate surface area is 88.7 Å². The van der Waals surface area contributed by atoms with Crippen LogP contribution in [0, 0.1) is 0 Å². The second-order valence-electron chi connectivity index (χ2n) is 3.47. The third-order valence-electron chi connectivity index (χ3n) is 2.36. The summed E-state index contributed by atoms with van der Waals surface area (Å²) >= 11 is 0. The molecule has 1 N–H and O–H groups in total. The Bertz CT molecular complexity index is 509. The quantitative estimate of drug-likeness (QED) is 0.683. The fraction of sp³-hybridized carbons (Fsp3) is 0.444. The number of nitrogens with one attached hydrogen (secondary N) is 1. The normalized spacial score (nSPS) is 29.2. The van der Waals surface area contributed by atoms with E-state index in [0.717, 1.165) is 16.8 Å². The maximum Gasteiger partial charge on any atom is 0.330 e. The highest BCUT2D eigenvalue weighted by molar-refractivity contribution is 5.56. The molecule has 0 unspecified atom stereocenters. The third kappa shape index (κ3) is 1.81. The fourth-order valence-electron chi connectivity index (χ4n) is 1.61. The molecule has 1 aliphatic heterocycles. The van der Waals surface area contributed by atoms with E-state index in [1.807, 2.05) is 4.98 Å². The maximum absolute atomic E-state index is 13.5. The molecule has 7 heteroatoms. The number of hydrogen-bond acceptors (Lipinski definition) is 4. The van der Waals surface area contributed by atoms with Gasteiger partial charge in [-0.15, -0.1) is 0 Å². The number of rotatable bonds is 2. The summed E-state index contributed by atoms with van der Waals surface area (Å²) in [5.41, 5.74) is -1.33. The van der Waals surface area contributed by atoms with Gasteiger partial charge in [-0.3, -0.25) is 14.3 Å². The van der Waals surface area contributed by atoms with Crippen LogP contribution in [-0.4, -0.2) is 28.1 Å². The monoisotopic (exact) mass is 228 g/mol. The van der Waals surface area contributed by atoms with Crippen molar-refractivity contribution in [3.8, 4) is 0 Å². The third-order valence-corrected chi connectivity index (χ3v) is 2.36. The molecule has 1 fully saturated rings. The first-order chi connectivity index (χ1) is 7.61. The van der Waals surface area contributed by atoms with E-state index in [9.17, 15) is 18.8 Å². The van der Waals surface area contributed by atoms with Crippen LogP contribution in [0.2, 0.25) is 0 Å². The summed E-state index contributed by atoms with van der Waals surface area (Å²) in [7, 11) is 0. The minimum absolute atomic E-state index is 0.0836. The molecule has 0 radical (unpaired) electrons. The molecule has 1 aromatic heterocycles. The Hall–Kier alpha value is -1.76. The summed E-state index contributed by atoms with van der Waals surface area (Å²) in [5, 5.41) is 0. The lowest BCUT2D eigenvalue weighted by Gasteiger charge is -2.14. The molecular weight excluding hydrogens is 219 g/mol. The largest absolute Gasteiger partial charge is 0.344 e. The Kier molecular flexibility index (Phi) is 2.69. The van der Waals surface area contributed by atoms with Gasteiger partial charge in [-0.2, -0.15) is 0 Å². The molecule has 2 rings (SSSR count). The van der Waals surface area contributed by atoms with Crippen LogP contribution in [0.1, 0.15) is 12.6 Å². The van der Waals surface area contributed by atoms with Gasteiger partial charge >= 0.3 is 5.69 Å². The Morgan fingerprint density at radius 3 is 2.88 bits per heavy atom. The topological polar surface area (TPSA) is 81.2 Å². The van der Waals surface area contributed by atoms with Crippen molar-refractivity contribution in [2.75, 3.05) is 0 Å². The minimum Gasteiger partial charge on any atom is -0.344 e. The maximum atomic E-state index is 13.5. The number of halogens is 1. The van der Waals surface area contributed by atoms with Gasteiger partial charge in [0.15, 0.2) is 6.23 Å². The highest BCUT2D eigenvalue weighted by atomic mass is 19.1. The van der Waals surface area contributed by atoms with Crippen molar-refractivity contribution >= 4 is 6.29 Å². The first kappa shape index (κ1) is 10.7.